The molecule has 2 N–H and O–H groups in total. The maximum Gasteiger partial charge on any atom is 0.233 e. The van der Waals surface area contributed by atoms with Crippen LogP contribution in [0.4, 0.5) is 0 Å². The number of carbonyl (C=O) groups is 1. The summed E-state index contributed by atoms with van der Waals surface area (Å²) in [5.74, 6) is 0.338. The number of aliphatic hydroxyl groups excluding tert-OH is 2. The molecule has 3 unspecified atom stereocenters. The SMILES string of the molecule is O=C(C1COc2ccccc21)N1CC(O)C(O)C1. The lowest BCUT2D eigenvalue weighted by Gasteiger charge is -2.19. The highest BCUT2D eigenvalue weighted by Gasteiger charge is 2.38. The molecule has 1 fully saturated rings. The third kappa shape index (κ3) is 1.76. The van der Waals surface area contributed by atoms with E-state index in [1.54, 1.807) is 0 Å². The Labute approximate surface area is 105 Å². The maximum atomic E-state index is 12.3. The molecule has 2 aliphatic heterocycles. The summed E-state index contributed by atoms with van der Waals surface area (Å²) in [6, 6.07) is 7.47. The van der Waals surface area contributed by atoms with Gasteiger partial charge >= 0.3 is 0 Å². The van der Waals surface area contributed by atoms with Crippen molar-refractivity contribution in [2.45, 2.75) is 18.1 Å². The molecule has 0 radical (unpaired) electrons. The van der Waals surface area contributed by atoms with Crippen molar-refractivity contribution in [2.24, 2.45) is 0 Å². The molecule has 1 amide bonds. The van der Waals surface area contributed by atoms with Gasteiger partial charge in [0.2, 0.25) is 5.91 Å². The van der Waals surface area contributed by atoms with Crippen LogP contribution in [0.2, 0.25) is 0 Å². The summed E-state index contributed by atoms with van der Waals surface area (Å²) in [5.41, 5.74) is 0.887. The summed E-state index contributed by atoms with van der Waals surface area (Å²) in [6.45, 7) is 0.720. The number of hydrogen-bond acceptors (Lipinski definition) is 4. The Morgan fingerprint density at radius 3 is 2.61 bits per heavy atom. The van der Waals surface area contributed by atoms with E-state index in [1.807, 2.05) is 24.3 Å². The quantitative estimate of drug-likeness (QED) is 0.718. The van der Waals surface area contributed by atoms with E-state index < -0.39 is 12.2 Å². The third-order valence-electron chi connectivity index (χ3n) is 3.57. The number of aliphatic hydroxyl groups is 2. The monoisotopic (exact) mass is 249 g/mol. The first-order valence-electron chi connectivity index (χ1n) is 6.03. The first-order chi connectivity index (χ1) is 8.66. The van der Waals surface area contributed by atoms with Gasteiger partial charge in [-0.15, -0.1) is 0 Å². The Morgan fingerprint density at radius 2 is 1.89 bits per heavy atom. The van der Waals surface area contributed by atoms with Gasteiger partial charge in [0, 0.05) is 18.7 Å². The number of para-hydroxylation sites is 1. The molecule has 96 valence electrons. The van der Waals surface area contributed by atoms with Crippen LogP contribution in [0.3, 0.4) is 0 Å². The summed E-state index contributed by atoms with van der Waals surface area (Å²) in [6.07, 6.45) is -1.68. The number of nitrogens with zero attached hydrogens (tertiary/aromatic N) is 1. The number of rotatable bonds is 1. The number of hydrogen-bond donors (Lipinski definition) is 2. The molecule has 3 rings (SSSR count). The van der Waals surface area contributed by atoms with Crippen LogP contribution in [0.5, 0.6) is 5.75 Å². The second kappa shape index (κ2) is 4.26. The molecule has 0 aliphatic carbocycles. The molecule has 5 heteroatoms. The molecular formula is C13H15NO4. The Morgan fingerprint density at radius 1 is 1.22 bits per heavy atom. The van der Waals surface area contributed by atoms with Crippen LogP contribution in [0.1, 0.15) is 11.5 Å². The minimum absolute atomic E-state index is 0.0875. The molecule has 3 atom stereocenters. The van der Waals surface area contributed by atoms with Crippen molar-refractivity contribution < 1.29 is 19.7 Å². The van der Waals surface area contributed by atoms with Gasteiger partial charge in [-0.1, -0.05) is 18.2 Å². The summed E-state index contributed by atoms with van der Waals surface area (Å²) < 4.78 is 5.47. The van der Waals surface area contributed by atoms with Crippen LogP contribution in [-0.4, -0.2) is 52.9 Å². The zero-order chi connectivity index (χ0) is 12.7. The number of carbonyl (C=O) groups excluding carboxylic acids is 1. The fourth-order valence-corrected chi connectivity index (χ4v) is 2.54. The lowest BCUT2D eigenvalue weighted by atomic mass is 10.00. The largest absolute Gasteiger partial charge is 0.492 e. The highest BCUT2D eigenvalue weighted by atomic mass is 16.5. The number of ether oxygens (including phenoxy) is 1. The predicted molar refractivity (Wildman–Crippen MR) is 63.3 cm³/mol. The average molecular weight is 249 g/mol. The molecule has 2 aliphatic rings. The van der Waals surface area contributed by atoms with Crippen LogP contribution in [0.25, 0.3) is 0 Å². The Kier molecular flexibility index (Phi) is 2.72. The number of benzene rings is 1. The number of β-amino-alcohol motifs (C(OH)–C–C–N with tert-alkyl or cyclic N) is 2. The van der Waals surface area contributed by atoms with Crippen LogP contribution < -0.4 is 4.74 Å². The van der Waals surface area contributed by atoms with Crippen molar-refractivity contribution in [2.75, 3.05) is 19.7 Å². The summed E-state index contributed by atoms with van der Waals surface area (Å²) in [7, 11) is 0. The molecule has 18 heavy (non-hydrogen) atoms. The smallest absolute Gasteiger partial charge is 0.233 e. The standard InChI is InChI=1S/C13H15NO4/c15-10-5-14(6-11(10)16)13(17)9-7-18-12-4-2-1-3-8(9)12/h1-4,9-11,15-16H,5-7H2. The average Bonchev–Trinajstić information content (AvgIpc) is 2.93. The van der Waals surface area contributed by atoms with Crippen molar-refractivity contribution >= 4 is 5.91 Å². The van der Waals surface area contributed by atoms with Gasteiger partial charge in [-0.05, 0) is 6.07 Å². The van der Waals surface area contributed by atoms with E-state index in [9.17, 15) is 15.0 Å². The second-order valence-electron chi connectivity index (χ2n) is 4.78. The van der Waals surface area contributed by atoms with Gasteiger partial charge in [-0.25, -0.2) is 0 Å². The van der Waals surface area contributed by atoms with E-state index in [0.717, 1.165) is 11.3 Å². The Bertz CT molecular complexity index is 466. The van der Waals surface area contributed by atoms with Gasteiger partial charge in [0.25, 0.3) is 0 Å². The molecule has 0 aromatic heterocycles. The fraction of sp³-hybridized carbons (Fsp3) is 0.462. The lowest BCUT2D eigenvalue weighted by molar-refractivity contribution is -0.132. The third-order valence-corrected chi connectivity index (χ3v) is 3.57. The van der Waals surface area contributed by atoms with Gasteiger partial charge in [-0.2, -0.15) is 0 Å². The van der Waals surface area contributed by atoms with Crippen molar-refractivity contribution in [3.63, 3.8) is 0 Å². The topological polar surface area (TPSA) is 70.0 Å². The summed E-state index contributed by atoms with van der Waals surface area (Å²) >= 11 is 0. The molecule has 0 saturated carbocycles. The van der Waals surface area contributed by atoms with Crippen LogP contribution in [0, 0.1) is 0 Å². The Hall–Kier alpha value is -1.59. The normalized spacial score (nSPS) is 30.1. The highest BCUT2D eigenvalue weighted by Crippen LogP contribution is 2.35. The highest BCUT2D eigenvalue weighted by molar-refractivity contribution is 5.86. The van der Waals surface area contributed by atoms with Crippen LogP contribution in [0.15, 0.2) is 24.3 Å². The maximum absolute atomic E-state index is 12.3. The Balaban J connectivity index is 1.79. The molecule has 2 heterocycles. The van der Waals surface area contributed by atoms with Crippen molar-refractivity contribution in [3.8, 4) is 5.75 Å². The molecule has 1 aromatic rings. The number of fused-ring (bicyclic) bond motifs is 1. The minimum Gasteiger partial charge on any atom is -0.492 e. The number of likely N-dealkylation sites (tertiary alicyclic amines) is 1. The van der Waals surface area contributed by atoms with Crippen molar-refractivity contribution in [3.05, 3.63) is 29.8 Å². The molecule has 1 aromatic carbocycles. The van der Waals surface area contributed by atoms with E-state index in [0.29, 0.717) is 6.61 Å². The fourth-order valence-electron chi connectivity index (χ4n) is 2.54. The van der Waals surface area contributed by atoms with Gasteiger partial charge in [0.15, 0.2) is 0 Å². The van der Waals surface area contributed by atoms with Crippen LogP contribution >= 0.6 is 0 Å². The van der Waals surface area contributed by atoms with Gasteiger partial charge < -0.3 is 19.8 Å². The van der Waals surface area contributed by atoms with E-state index in [4.69, 9.17) is 4.74 Å². The van der Waals surface area contributed by atoms with Crippen molar-refractivity contribution in [1.82, 2.24) is 4.90 Å². The minimum atomic E-state index is -0.841. The first kappa shape index (κ1) is 11.5. The summed E-state index contributed by atoms with van der Waals surface area (Å²) in [4.78, 5) is 13.8. The molecule has 0 spiro atoms. The summed E-state index contributed by atoms with van der Waals surface area (Å²) in [5, 5.41) is 19.0. The van der Waals surface area contributed by atoms with Crippen molar-refractivity contribution in [1.29, 1.82) is 0 Å². The molecular weight excluding hydrogens is 234 g/mol. The van der Waals surface area contributed by atoms with E-state index in [1.165, 1.54) is 4.90 Å². The van der Waals surface area contributed by atoms with E-state index >= 15 is 0 Å². The predicted octanol–water partition coefficient (Wildman–Crippen LogP) is -0.273. The van der Waals surface area contributed by atoms with Gasteiger partial charge in [0.05, 0.1) is 12.2 Å². The van der Waals surface area contributed by atoms with E-state index in [-0.39, 0.29) is 24.9 Å². The second-order valence-corrected chi connectivity index (χ2v) is 4.78. The van der Waals surface area contributed by atoms with Crippen LogP contribution in [-0.2, 0) is 4.79 Å². The van der Waals surface area contributed by atoms with Gasteiger partial charge in [-0.3, -0.25) is 4.79 Å². The zero-order valence-electron chi connectivity index (χ0n) is 9.82. The number of amides is 1. The van der Waals surface area contributed by atoms with Gasteiger partial charge in [0.1, 0.15) is 18.3 Å². The lowest BCUT2D eigenvalue weighted by Crippen LogP contribution is -2.34. The molecule has 0 bridgehead atoms. The van der Waals surface area contributed by atoms with E-state index in [2.05, 4.69) is 0 Å². The first-order valence-corrected chi connectivity index (χ1v) is 6.03. The molecule has 1 saturated heterocycles. The zero-order valence-corrected chi connectivity index (χ0v) is 9.82. The molecule has 5 nitrogen and oxygen atoms in total.